The zero-order valence-electron chi connectivity index (χ0n) is 16.7. The summed E-state index contributed by atoms with van der Waals surface area (Å²) in [5.74, 6) is 0.265. The van der Waals surface area contributed by atoms with Gasteiger partial charge in [-0.1, -0.05) is 41.4 Å². The summed E-state index contributed by atoms with van der Waals surface area (Å²) in [6.07, 6.45) is 1.39. The third-order valence-electron chi connectivity index (χ3n) is 4.31. The second kappa shape index (κ2) is 10.6. The smallest absolute Gasteiger partial charge is 0.271 e. The van der Waals surface area contributed by atoms with Crippen LogP contribution >= 0.6 is 23.2 Å². The molecule has 0 saturated heterocycles. The van der Waals surface area contributed by atoms with E-state index in [-0.39, 0.29) is 17.9 Å². The van der Waals surface area contributed by atoms with E-state index in [0.29, 0.717) is 27.1 Å². The maximum absolute atomic E-state index is 12.3. The Morgan fingerprint density at radius 3 is 2.66 bits per heavy atom. The Morgan fingerprint density at radius 1 is 1.16 bits per heavy atom. The number of nitrogens with one attached hydrogen (secondary N) is 1. The second-order valence-electron chi connectivity index (χ2n) is 6.41. The summed E-state index contributed by atoms with van der Waals surface area (Å²) >= 11 is 12.1. The Labute approximate surface area is 193 Å². The topological polar surface area (TPSA) is 103 Å². The number of rotatable bonds is 8. The average molecular weight is 474 g/mol. The zero-order chi connectivity index (χ0) is 23.1. The van der Waals surface area contributed by atoms with Crippen LogP contribution < -0.4 is 14.9 Å². The molecule has 3 rings (SSSR count). The van der Waals surface area contributed by atoms with E-state index in [2.05, 4.69) is 10.5 Å². The molecule has 0 atom stereocenters. The van der Waals surface area contributed by atoms with Crippen molar-refractivity contribution in [3.63, 3.8) is 0 Å². The van der Waals surface area contributed by atoms with E-state index in [4.69, 9.17) is 32.7 Å². The van der Waals surface area contributed by atoms with Gasteiger partial charge in [-0.2, -0.15) is 5.10 Å². The highest BCUT2D eigenvalue weighted by Gasteiger charge is 2.13. The molecule has 0 bridgehead atoms. The standard InChI is InChI=1S/C22H17Cl2N3O5/c1-31-20-7-3-5-15(21(20)32-13-16-8-9-17(23)11-19(16)24)12-25-26-22(28)14-4-2-6-18(10-14)27(29)30/h2-12H,13H2,1H3,(H,26,28)/b25-12-. The summed E-state index contributed by atoms with van der Waals surface area (Å²) in [4.78, 5) is 22.6. The highest BCUT2D eigenvalue weighted by atomic mass is 35.5. The van der Waals surface area contributed by atoms with Crippen LogP contribution in [-0.2, 0) is 6.61 Å². The predicted molar refractivity (Wildman–Crippen MR) is 122 cm³/mol. The first kappa shape index (κ1) is 23.1. The van der Waals surface area contributed by atoms with Gasteiger partial charge in [-0.3, -0.25) is 14.9 Å². The van der Waals surface area contributed by atoms with Crippen molar-refractivity contribution in [2.45, 2.75) is 6.61 Å². The lowest BCUT2D eigenvalue weighted by molar-refractivity contribution is -0.384. The molecule has 0 aliphatic carbocycles. The molecule has 0 aromatic heterocycles. The summed E-state index contributed by atoms with van der Waals surface area (Å²) in [6, 6.07) is 15.6. The van der Waals surface area contributed by atoms with Crippen LogP contribution in [0, 0.1) is 10.1 Å². The quantitative estimate of drug-likeness (QED) is 0.273. The van der Waals surface area contributed by atoms with Crippen LogP contribution in [0.4, 0.5) is 5.69 Å². The fourth-order valence-electron chi connectivity index (χ4n) is 2.72. The van der Waals surface area contributed by atoms with E-state index >= 15 is 0 Å². The van der Waals surface area contributed by atoms with Gasteiger partial charge in [-0.25, -0.2) is 5.43 Å². The van der Waals surface area contributed by atoms with Crippen molar-refractivity contribution in [1.29, 1.82) is 0 Å². The molecular formula is C22H17Cl2N3O5. The molecule has 8 nitrogen and oxygen atoms in total. The number of halogens is 2. The molecule has 1 N–H and O–H groups in total. The summed E-state index contributed by atoms with van der Waals surface area (Å²) < 4.78 is 11.3. The highest BCUT2D eigenvalue weighted by Crippen LogP contribution is 2.32. The largest absolute Gasteiger partial charge is 0.493 e. The molecule has 0 heterocycles. The van der Waals surface area contributed by atoms with E-state index in [1.54, 1.807) is 36.4 Å². The van der Waals surface area contributed by atoms with Crippen molar-refractivity contribution in [1.82, 2.24) is 5.43 Å². The number of para-hydroxylation sites is 1. The molecule has 0 radical (unpaired) electrons. The molecular weight excluding hydrogens is 457 g/mol. The lowest BCUT2D eigenvalue weighted by Crippen LogP contribution is -2.17. The normalized spacial score (nSPS) is 10.7. The van der Waals surface area contributed by atoms with Crippen LogP contribution in [0.15, 0.2) is 65.8 Å². The Hall–Kier alpha value is -3.62. The first-order valence-corrected chi connectivity index (χ1v) is 9.96. The molecule has 3 aromatic carbocycles. The van der Waals surface area contributed by atoms with Crippen LogP contribution in [0.1, 0.15) is 21.5 Å². The number of hydrazone groups is 1. The van der Waals surface area contributed by atoms with Gasteiger partial charge in [0.1, 0.15) is 6.61 Å². The van der Waals surface area contributed by atoms with Crippen molar-refractivity contribution >= 4 is 41.0 Å². The number of amides is 1. The Bertz CT molecular complexity index is 1180. The number of ether oxygens (including phenoxy) is 2. The van der Waals surface area contributed by atoms with Gasteiger partial charge in [0.15, 0.2) is 11.5 Å². The molecule has 0 saturated carbocycles. The van der Waals surface area contributed by atoms with E-state index in [1.165, 1.54) is 37.6 Å². The van der Waals surface area contributed by atoms with E-state index in [0.717, 1.165) is 5.56 Å². The van der Waals surface area contributed by atoms with Crippen LogP contribution in [0.2, 0.25) is 10.0 Å². The van der Waals surface area contributed by atoms with Gasteiger partial charge in [-0.05, 0) is 30.3 Å². The van der Waals surface area contributed by atoms with Crippen molar-refractivity contribution in [2.75, 3.05) is 7.11 Å². The van der Waals surface area contributed by atoms with E-state index in [1.807, 2.05) is 0 Å². The first-order chi connectivity index (χ1) is 15.4. The van der Waals surface area contributed by atoms with Crippen molar-refractivity contribution in [3.05, 3.63) is 97.5 Å². The monoisotopic (exact) mass is 473 g/mol. The number of hydrogen-bond donors (Lipinski definition) is 1. The Balaban J connectivity index is 1.76. The highest BCUT2D eigenvalue weighted by molar-refractivity contribution is 6.35. The SMILES string of the molecule is COc1cccc(/C=N\NC(=O)c2cccc([N+](=O)[O-])c2)c1OCc1ccc(Cl)cc1Cl. The van der Waals surface area contributed by atoms with Gasteiger partial charge in [-0.15, -0.1) is 0 Å². The number of hydrogen-bond acceptors (Lipinski definition) is 6. The molecule has 0 unspecified atom stereocenters. The van der Waals surface area contributed by atoms with Crippen molar-refractivity contribution < 1.29 is 19.2 Å². The minimum atomic E-state index is -0.594. The molecule has 0 aliphatic rings. The number of nitro benzene ring substituents is 1. The van der Waals surface area contributed by atoms with Gasteiger partial charge < -0.3 is 9.47 Å². The minimum Gasteiger partial charge on any atom is -0.493 e. The van der Waals surface area contributed by atoms with Gasteiger partial charge >= 0.3 is 0 Å². The fraction of sp³-hybridized carbons (Fsp3) is 0.0909. The first-order valence-electron chi connectivity index (χ1n) is 9.20. The number of carbonyl (C=O) groups is 1. The number of nitrogens with zero attached hydrogens (tertiary/aromatic N) is 2. The summed E-state index contributed by atoms with van der Waals surface area (Å²) in [6.45, 7) is 0.150. The molecule has 0 aliphatic heterocycles. The predicted octanol–water partition coefficient (Wildman–Crippen LogP) is 5.25. The van der Waals surface area contributed by atoms with Crippen molar-refractivity contribution in [3.8, 4) is 11.5 Å². The van der Waals surface area contributed by atoms with E-state index < -0.39 is 10.8 Å². The molecule has 0 spiro atoms. The van der Waals surface area contributed by atoms with Crippen molar-refractivity contribution in [2.24, 2.45) is 5.10 Å². The summed E-state index contributed by atoms with van der Waals surface area (Å²) in [7, 11) is 1.50. The van der Waals surface area contributed by atoms with Gasteiger partial charge in [0, 0.05) is 38.9 Å². The van der Waals surface area contributed by atoms with Crippen LogP contribution in [0.25, 0.3) is 0 Å². The third-order valence-corrected chi connectivity index (χ3v) is 4.89. The van der Waals surface area contributed by atoms with Crippen LogP contribution in [0.5, 0.6) is 11.5 Å². The lowest BCUT2D eigenvalue weighted by atomic mass is 10.2. The zero-order valence-corrected chi connectivity index (χ0v) is 18.3. The maximum atomic E-state index is 12.3. The van der Waals surface area contributed by atoms with Crippen LogP contribution in [0.3, 0.4) is 0 Å². The third kappa shape index (κ3) is 5.75. The summed E-state index contributed by atoms with van der Waals surface area (Å²) in [5, 5.41) is 15.8. The number of methoxy groups -OCH3 is 1. The average Bonchev–Trinajstić information content (AvgIpc) is 2.78. The van der Waals surface area contributed by atoms with Gasteiger partial charge in [0.05, 0.1) is 18.2 Å². The molecule has 3 aromatic rings. The summed E-state index contributed by atoms with van der Waals surface area (Å²) in [5.41, 5.74) is 3.52. The molecule has 10 heteroatoms. The number of non-ortho nitro benzene ring substituents is 1. The molecule has 0 fully saturated rings. The minimum absolute atomic E-state index is 0.107. The van der Waals surface area contributed by atoms with Gasteiger partial charge in [0.25, 0.3) is 11.6 Å². The fourth-order valence-corrected chi connectivity index (χ4v) is 3.19. The Morgan fingerprint density at radius 2 is 1.94 bits per heavy atom. The second-order valence-corrected chi connectivity index (χ2v) is 7.25. The van der Waals surface area contributed by atoms with Gasteiger partial charge in [0.2, 0.25) is 0 Å². The number of carbonyl (C=O) groups excluding carboxylic acids is 1. The van der Waals surface area contributed by atoms with Crippen LogP contribution in [-0.4, -0.2) is 24.2 Å². The lowest BCUT2D eigenvalue weighted by Gasteiger charge is -2.14. The maximum Gasteiger partial charge on any atom is 0.271 e. The molecule has 164 valence electrons. The number of nitro groups is 1. The molecule has 32 heavy (non-hydrogen) atoms. The Kier molecular flexibility index (Phi) is 7.64. The number of benzene rings is 3. The van der Waals surface area contributed by atoms with E-state index in [9.17, 15) is 14.9 Å². The molecule has 1 amide bonds.